The van der Waals surface area contributed by atoms with Crippen LogP contribution in [0.4, 0.5) is 5.69 Å². The highest BCUT2D eigenvalue weighted by atomic mass is 32.2. The molecule has 0 bridgehead atoms. The van der Waals surface area contributed by atoms with Gasteiger partial charge in [-0.3, -0.25) is 0 Å². The van der Waals surface area contributed by atoms with Gasteiger partial charge in [0, 0.05) is 25.9 Å². The number of rotatable bonds is 6. The van der Waals surface area contributed by atoms with Crippen LogP contribution >= 0.6 is 0 Å². The van der Waals surface area contributed by atoms with E-state index in [1.165, 1.54) is 12.7 Å². The Morgan fingerprint density at radius 1 is 1.33 bits per heavy atom. The van der Waals surface area contributed by atoms with Crippen LogP contribution in [0.1, 0.15) is 19.8 Å². The van der Waals surface area contributed by atoms with Gasteiger partial charge in [0.1, 0.15) is 0 Å². The van der Waals surface area contributed by atoms with Gasteiger partial charge in [0.15, 0.2) is 9.84 Å². The van der Waals surface area contributed by atoms with E-state index < -0.39 is 9.84 Å². The van der Waals surface area contributed by atoms with Crippen LogP contribution < -0.4 is 4.90 Å². The van der Waals surface area contributed by atoms with E-state index in [2.05, 4.69) is 23.8 Å². The van der Waals surface area contributed by atoms with Crippen molar-refractivity contribution in [2.45, 2.75) is 24.7 Å². The van der Waals surface area contributed by atoms with Crippen molar-refractivity contribution in [2.24, 2.45) is 5.92 Å². The van der Waals surface area contributed by atoms with Gasteiger partial charge in [0.2, 0.25) is 0 Å². The van der Waals surface area contributed by atoms with Gasteiger partial charge in [0.05, 0.1) is 10.6 Å². The van der Waals surface area contributed by atoms with Crippen LogP contribution in [0.25, 0.3) is 0 Å². The summed E-state index contributed by atoms with van der Waals surface area (Å²) in [6, 6.07) is 7.35. The third kappa shape index (κ3) is 4.20. The van der Waals surface area contributed by atoms with E-state index in [9.17, 15) is 8.42 Å². The Labute approximate surface area is 128 Å². The van der Waals surface area contributed by atoms with Gasteiger partial charge in [-0.25, -0.2) is 8.42 Å². The molecule has 4 nitrogen and oxygen atoms in total. The molecule has 0 N–H and O–H groups in total. The van der Waals surface area contributed by atoms with Crippen molar-refractivity contribution in [1.82, 2.24) is 4.90 Å². The van der Waals surface area contributed by atoms with Gasteiger partial charge >= 0.3 is 0 Å². The minimum atomic E-state index is -3.17. The zero-order valence-corrected chi connectivity index (χ0v) is 14.1. The summed E-state index contributed by atoms with van der Waals surface area (Å²) in [7, 11) is -1.01. The zero-order chi connectivity index (χ0) is 15.5. The summed E-state index contributed by atoms with van der Waals surface area (Å²) in [6.45, 7) is 6.29. The van der Waals surface area contributed by atoms with E-state index in [4.69, 9.17) is 0 Å². The van der Waals surface area contributed by atoms with Crippen LogP contribution in [0.5, 0.6) is 0 Å². The highest BCUT2D eigenvalue weighted by molar-refractivity contribution is 7.90. The molecule has 21 heavy (non-hydrogen) atoms. The lowest BCUT2D eigenvalue weighted by Gasteiger charge is -2.23. The maximum Gasteiger partial charge on any atom is 0.177 e. The maximum atomic E-state index is 11.9. The standard InChI is InChI=1S/C16H26N2O2S/c1-4-10-17(2)12-14-9-11-18(13-14)15-7-5-6-8-16(15)21(3,19)20/h5-8,14H,4,9-13H2,1-3H3/t14-/m1/s1. The first-order valence-corrected chi connectivity index (χ1v) is 9.53. The molecule has 1 saturated heterocycles. The molecule has 5 heteroatoms. The summed E-state index contributed by atoms with van der Waals surface area (Å²) in [5, 5.41) is 0. The van der Waals surface area contributed by atoms with Crippen LogP contribution in [-0.2, 0) is 9.84 Å². The Morgan fingerprint density at radius 2 is 2.05 bits per heavy atom. The smallest absolute Gasteiger partial charge is 0.177 e. The van der Waals surface area contributed by atoms with Gasteiger partial charge in [-0.05, 0) is 44.5 Å². The van der Waals surface area contributed by atoms with Crippen molar-refractivity contribution in [3.8, 4) is 0 Å². The third-order valence-corrected chi connectivity index (χ3v) is 5.21. The molecule has 0 saturated carbocycles. The molecule has 0 unspecified atom stereocenters. The molecule has 1 aromatic rings. The molecular weight excluding hydrogens is 284 g/mol. The summed E-state index contributed by atoms with van der Waals surface area (Å²) >= 11 is 0. The van der Waals surface area contributed by atoms with Gasteiger partial charge in [-0.2, -0.15) is 0 Å². The van der Waals surface area contributed by atoms with E-state index in [0.717, 1.165) is 38.3 Å². The third-order valence-electron chi connectivity index (χ3n) is 4.07. The fourth-order valence-corrected chi connectivity index (χ4v) is 4.05. The van der Waals surface area contributed by atoms with Crippen molar-refractivity contribution < 1.29 is 8.42 Å². The number of sulfone groups is 1. The summed E-state index contributed by atoms with van der Waals surface area (Å²) in [5.74, 6) is 0.620. The largest absolute Gasteiger partial charge is 0.370 e. The Hall–Kier alpha value is -1.07. The molecule has 1 aliphatic rings. The topological polar surface area (TPSA) is 40.6 Å². The second-order valence-electron chi connectivity index (χ2n) is 6.10. The number of hydrogen-bond donors (Lipinski definition) is 0. The number of hydrogen-bond acceptors (Lipinski definition) is 4. The lowest BCUT2D eigenvalue weighted by Crippen LogP contribution is -2.29. The van der Waals surface area contributed by atoms with Crippen molar-refractivity contribution in [3.05, 3.63) is 24.3 Å². The molecule has 0 radical (unpaired) electrons. The van der Waals surface area contributed by atoms with E-state index >= 15 is 0 Å². The molecule has 1 fully saturated rings. The van der Waals surface area contributed by atoms with Gasteiger partial charge in [-0.1, -0.05) is 19.1 Å². The molecule has 0 spiro atoms. The van der Waals surface area contributed by atoms with Gasteiger partial charge in [-0.15, -0.1) is 0 Å². The molecule has 1 heterocycles. The zero-order valence-electron chi connectivity index (χ0n) is 13.2. The van der Waals surface area contributed by atoms with Gasteiger partial charge in [0.25, 0.3) is 0 Å². The highest BCUT2D eigenvalue weighted by Gasteiger charge is 2.26. The Kier molecular flexibility index (Phi) is 5.27. The average Bonchev–Trinajstić information content (AvgIpc) is 2.86. The molecule has 0 amide bonds. The highest BCUT2D eigenvalue weighted by Crippen LogP contribution is 2.30. The van der Waals surface area contributed by atoms with E-state index in [0.29, 0.717) is 10.8 Å². The second kappa shape index (κ2) is 6.79. The lowest BCUT2D eigenvalue weighted by atomic mass is 10.1. The normalized spacial score (nSPS) is 19.4. The minimum Gasteiger partial charge on any atom is -0.370 e. The van der Waals surface area contributed by atoms with Crippen molar-refractivity contribution in [3.63, 3.8) is 0 Å². The van der Waals surface area contributed by atoms with Crippen molar-refractivity contribution >= 4 is 15.5 Å². The maximum absolute atomic E-state index is 11.9. The molecule has 0 aromatic heterocycles. The number of para-hydroxylation sites is 1. The predicted molar refractivity (Wildman–Crippen MR) is 87.7 cm³/mol. The molecule has 1 atom stereocenters. The molecule has 1 aromatic carbocycles. The summed E-state index contributed by atoms with van der Waals surface area (Å²) in [6.07, 6.45) is 3.59. The quantitative estimate of drug-likeness (QED) is 0.808. The number of nitrogens with zero attached hydrogens (tertiary/aromatic N) is 2. The van der Waals surface area contributed by atoms with Crippen LogP contribution in [0.2, 0.25) is 0 Å². The SMILES string of the molecule is CCCN(C)C[C@H]1CCN(c2ccccc2S(C)(=O)=O)C1. The monoisotopic (exact) mass is 310 g/mol. The minimum absolute atomic E-state index is 0.451. The summed E-state index contributed by atoms with van der Waals surface area (Å²) < 4.78 is 23.8. The van der Waals surface area contributed by atoms with E-state index in [-0.39, 0.29) is 0 Å². The van der Waals surface area contributed by atoms with Gasteiger partial charge < -0.3 is 9.80 Å². The molecule has 118 valence electrons. The summed E-state index contributed by atoms with van der Waals surface area (Å²) in [5.41, 5.74) is 0.862. The fourth-order valence-electron chi connectivity index (χ4n) is 3.15. The van der Waals surface area contributed by atoms with E-state index in [1.54, 1.807) is 12.1 Å². The lowest BCUT2D eigenvalue weighted by molar-refractivity contribution is 0.287. The number of anilines is 1. The Balaban J connectivity index is 2.09. The van der Waals surface area contributed by atoms with Crippen LogP contribution in [0.15, 0.2) is 29.2 Å². The second-order valence-corrected chi connectivity index (χ2v) is 8.09. The number of benzene rings is 1. The molecule has 1 aliphatic heterocycles. The first-order valence-electron chi connectivity index (χ1n) is 7.64. The van der Waals surface area contributed by atoms with Crippen LogP contribution in [0, 0.1) is 5.92 Å². The molecular formula is C16H26N2O2S. The summed E-state index contributed by atoms with van der Waals surface area (Å²) in [4.78, 5) is 5.05. The predicted octanol–water partition coefficient (Wildman–Crippen LogP) is 2.26. The van der Waals surface area contributed by atoms with E-state index in [1.807, 2.05) is 12.1 Å². The average molecular weight is 310 g/mol. The first-order chi connectivity index (χ1) is 9.91. The first kappa shape index (κ1) is 16.3. The Bertz CT molecular complexity index is 571. The molecule has 2 rings (SSSR count). The Morgan fingerprint density at radius 3 is 2.71 bits per heavy atom. The van der Waals surface area contributed by atoms with Crippen LogP contribution in [0.3, 0.4) is 0 Å². The molecule has 0 aliphatic carbocycles. The van der Waals surface area contributed by atoms with Crippen molar-refractivity contribution in [2.75, 3.05) is 44.4 Å². The van der Waals surface area contributed by atoms with Crippen molar-refractivity contribution in [1.29, 1.82) is 0 Å². The van der Waals surface area contributed by atoms with Crippen LogP contribution in [-0.4, -0.2) is 52.8 Å². The fraction of sp³-hybridized carbons (Fsp3) is 0.625.